The van der Waals surface area contributed by atoms with Gasteiger partial charge in [-0.15, -0.1) is 0 Å². The summed E-state index contributed by atoms with van der Waals surface area (Å²) >= 11 is 0. The van der Waals surface area contributed by atoms with Gasteiger partial charge in [-0.05, 0) is 38.5 Å². The summed E-state index contributed by atoms with van der Waals surface area (Å²) in [5.74, 6) is -1.16. The van der Waals surface area contributed by atoms with Crippen molar-refractivity contribution in [3.63, 3.8) is 0 Å². The third-order valence-corrected chi connectivity index (χ3v) is 3.94. The van der Waals surface area contributed by atoms with Crippen LogP contribution in [-0.2, 0) is 14.3 Å². The van der Waals surface area contributed by atoms with Gasteiger partial charge in [-0.25, -0.2) is 14.4 Å². The minimum Gasteiger partial charge on any atom is -0.493 e. The van der Waals surface area contributed by atoms with Crippen molar-refractivity contribution in [2.45, 2.75) is 32.9 Å². The average Bonchev–Trinajstić information content (AvgIpc) is 2.61. The van der Waals surface area contributed by atoms with E-state index in [1.807, 2.05) is 0 Å². The van der Waals surface area contributed by atoms with Crippen molar-refractivity contribution < 1.29 is 33.7 Å². The van der Waals surface area contributed by atoms with Crippen LogP contribution in [0, 0.1) is 0 Å². The van der Waals surface area contributed by atoms with Gasteiger partial charge in [0.05, 0.1) is 25.3 Å². The molecule has 2 amide bonds. The molecule has 0 aliphatic carbocycles. The number of carbonyl (C=O) groups is 3. The summed E-state index contributed by atoms with van der Waals surface area (Å²) in [6, 6.07) is 3.52. The fourth-order valence-electron chi connectivity index (χ4n) is 2.63. The summed E-state index contributed by atoms with van der Waals surface area (Å²) in [7, 11) is 1.41. The number of methoxy groups -OCH3 is 1. The van der Waals surface area contributed by atoms with Gasteiger partial charge in [0, 0.05) is 5.70 Å². The maximum atomic E-state index is 12.3. The van der Waals surface area contributed by atoms with Gasteiger partial charge in [-0.3, -0.25) is 0 Å². The first kappa shape index (κ1) is 20.1. The number of carboxylic acids is 1. The Labute approximate surface area is 156 Å². The van der Waals surface area contributed by atoms with Gasteiger partial charge in [0.1, 0.15) is 0 Å². The first-order valence-corrected chi connectivity index (χ1v) is 8.31. The molecule has 0 aromatic heterocycles. The molecule has 1 aromatic rings. The second-order valence-electron chi connectivity index (χ2n) is 5.80. The predicted octanol–water partition coefficient (Wildman–Crippen LogP) is 1.74. The number of allylic oxidation sites excluding steroid dienone is 1. The lowest BCUT2D eigenvalue weighted by Gasteiger charge is -2.28. The van der Waals surface area contributed by atoms with Gasteiger partial charge in [0.25, 0.3) is 0 Å². The van der Waals surface area contributed by atoms with Crippen LogP contribution in [0.25, 0.3) is 0 Å². The molecule has 0 saturated heterocycles. The number of rotatable bonds is 7. The van der Waals surface area contributed by atoms with E-state index in [0.717, 1.165) is 0 Å². The molecular weight excluding hydrogens is 356 g/mol. The Morgan fingerprint density at radius 1 is 1.30 bits per heavy atom. The molecule has 0 saturated carbocycles. The monoisotopic (exact) mass is 378 g/mol. The number of hydrogen-bond acceptors (Lipinski definition) is 6. The molecule has 0 unspecified atom stereocenters. The molecule has 9 nitrogen and oxygen atoms in total. The van der Waals surface area contributed by atoms with E-state index in [0.29, 0.717) is 11.3 Å². The van der Waals surface area contributed by atoms with Crippen molar-refractivity contribution >= 4 is 18.0 Å². The van der Waals surface area contributed by atoms with Gasteiger partial charge in [-0.2, -0.15) is 0 Å². The third-order valence-electron chi connectivity index (χ3n) is 3.94. The van der Waals surface area contributed by atoms with Gasteiger partial charge < -0.3 is 30.0 Å². The predicted molar refractivity (Wildman–Crippen MR) is 94.5 cm³/mol. The molecule has 0 bridgehead atoms. The lowest BCUT2D eigenvalue weighted by atomic mass is 9.95. The number of carbonyl (C=O) groups excluding carboxylic acids is 2. The number of amides is 2. The Bertz CT molecular complexity index is 788. The quantitative estimate of drug-likeness (QED) is 0.618. The van der Waals surface area contributed by atoms with Crippen molar-refractivity contribution in [2.75, 3.05) is 13.7 Å². The van der Waals surface area contributed by atoms with Gasteiger partial charge >= 0.3 is 18.0 Å². The second kappa shape index (κ2) is 8.43. The van der Waals surface area contributed by atoms with Crippen LogP contribution in [0.3, 0.4) is 0 Å². The van der Waals surface area contributed by atoms with Gasteiger partial charge in [0.15, 0.2) is 17.6 Å². The van der Waals surface area contributed by atoms with E-state index in [2.05, 4.69) is 10.6 Å². The normalized spacial score (nSPS) is 17.5. The first-order chi connectivity index (χ1) is 12.8. The molecule has 9 heteroatoms. The zero-order chi connectivity index (χ0) is 20.1. The highest BCUT2D eigenvalue weighted by atomic mass is 16.5. The standard InChI is InChI=1S/C18H22N2O7/c1-5-26-17(23)14-9(2)19-18(24)20-15(14)11-6-7-12(13(8-11)25-4)27-10(3)16(21)22/h6-8,10,15H,5H2,1-4H3,(H,21,22)(H2,19,20,24)/t10-,15+/m1/s1. The first-order valence-electron chi connectivity index (χ1n) is 8.31. The number of carboxylic acid groups (broad SMARTS) is 1. The fraction of sp³-hybridized carbons (Fsp3) is 0.389. The number of benzene rings is 1. The Balaban J connectivity index is 2.42. The van der Waals surface area contributed by atoms with E-state index >= 15 is 0 Å². The zero-order valence-electron chi connectivity index (χ0n) is 15.5. The number of ether oxygens (including phenoxy) is 3. The Morgan fingerprint density at radius 2 is 2.00 bits per heavy atom. The summed E-state index contributed by atoms with van der Waals surface area (Å²) < 4.78 is 15.7. The lowest BCUT2D eigenvalue weighted by molar-refractivity contribution is -0.144. The summed E-state index contributed by atoms with van der Waals surface area (Å²) in [5.41, 5.74) is 1.21. The maximum absolute atomic E-state index is 12.3. The largest absolute Gasteiger partial charge is 0.493 e. The second-order valence-corrected chi connectivity index (χ2v) is 5.80. The van der Waals surface area contributed by atoms with Crippen LogP contribution < -0.4 is 20.1 Å². The molecular formula is C18H22N2O7. The maximum Gasteiger partial charge on any atom is 0.344 e. The minimum absolute atomic E-state index is 0.194. The van der Waals surface area contributed by atoms with Crippen LogP contribution >= 0.6 is 0 Å². The van der Waals surface area contributed by atoms with E-state index in [1.54, 1.807) is 26.0 Å². The smallest absolute Gasteiger partial charge is 0.344 e. The van der Waals surface area contributed by atoms with Gasteiger partial charge in [-0.1, -0.05) is 6.07 Å². The van der Waals surface area contributed by atoms with Crippen LogP contribution in [-0.4, -0.2) is 42.9 Å². The number of esters is 1. The van der Waals surface area contributed by atoms with E-state index < -0.39 is 30.1 Å². The van der Waals surface area contributed by atoms with E-state index in [4.69, 9.17) is 19.3 Å². The summed E-state index contributed by atoms with van der Waals surface area (Å²) in [5, 5.41) is 14.2. The molecule has 27 heavy (non-hydrogen) atoms. The van der Waals surface area contributed by atoms with E-state index in [-0.39, 0.29) is 23.7 Å². The SMILES string of the molecule is CCOC(=O)C1=C(C)NC(=O)N[C@H]1c1ccc(O[C@H](C)C(=O)O)c(OC)c1. The number of nitrogens with one attached hydrogen (secondary N) is 2. The Hall–Kier alpha value is -3.23. The molecule has 1 aliphatic rings. The van der Waals surface area contributed by atoms with Crippen LogP contribution in [0.4, 0.5) is 4.79 Å². The summed E-state index contributed by atoms with van der Waals surface area (Å²) in [6.07, 6.45) is -1.07. The van der Waals surface area contributed by atoms with Crippen molar-refractivity contribution in [1.82, 2.24) is 10.6 Å². The highest BCUT2D eigenvalue weighted by molar-refractivity contribution is 5.95. The van der Waals surface area contributed by atoms with E-state index in [1.165, 1.54) is 20.1 Å². The lowest BCUT2D eigenvalue weighted by Crippen LogP contribution is -2.45. The highest BCUT2D eigenvalue weighted by Gasteiger charge is 2.32. The molecule has 1 aromatic carbocycles. The third kappa shape index (κ3) is 4.49. The molecule has 3 N–H and O–H groups in total. The molecule has 146 valence electrons. The zero-order valence-corrected chi connectivity index (χ0v) is 15.5. The minimum atomic E-state index is -1.12. The fourth-order valence-corrected chi connectivity index (χ4v) is 2.63. The van der Waals surface area contributed by atoms with Crippen molar-refractivity contribution in [1.29, 1.82) is 0 Å². The number of urea groups is 1. The van der Waals surface area contributed by atoms with Crippen LogP contribution in [0.2, 0.25) is 0 Å². The summed E-state index contributed by atoms with van der Waals surface area (Å²) in [4.78, 5) is 35.2. The van der Waals surface area contributed by atoms with E-state index in [9.17, 15) is 14.4 Å². The van der Waals surface area contributed by atoms with Crippen LogP contribution in [0.5, 0.6) is 11.5 Å². The molecule has 0 radical (unpaired) electrons. The van der Waals surface area contributed by atoms with Crippen LogP contribution in [0.15, 0.2) is 29.5 Å². The topological polar surface area (TPSA) is 123 Å². The van der Waals surface area contributed by atoms with Crippen LogP contribution in [0.1, 0.15) is 32.4 Å². The molecule has 1 aliphatic heterocycles. The molecule has 2 atom stereocenters. The molecule has 0 fully saturated rings. The van der Waals surface area contributed by atoms with Crippen molar-refractivity contribution in [2.24, 2.45) is 0 Å². The number of hydrogen-bond donors (Lipinski definition) is 3. The van der Waals surface area contributed by atoms with Crippen molar-refractivity contribution in [3.8, 4) is 11.5 Å². The number of aliphatic carboxylic acids is 1. The average molecular weight is 378 g/mol. The molecule has 1 heterocycles. The summed E-state index contributed by atoms with van der Waals surface area (Å²) in [6.45, 7) is 4.89. The molecule has 0 spiro atoms. The molecule has 2 rings (SSSR count). The Morgan fingerprint density at radius 3 is 2.59 bits per heavy atom. The van der Waals surface area contributed by atoms with Gasteiger partial charge in [0.2, 0.25) is 0 Å². The Kier molecular flexibility index (Phi) is 6.27. The highest BCUT2D eigenvalue weighted by Crippen LogP contribution is 2.35. The van der Waals surface area contributed by atoms with Crippen molar-refractivity contribution in [3.05, 3.63) is 35.0 Å².